The van der Waals surface area contributed by atoms with Gasteiger partial charge in [-0.2, -0.15) is 0 Å². The molecule has 154 valence electrons. The van der Waals surface area contributed by atoms with Gasteiger partial charge in [-0.15, -0.1) is 11.3 Å². The molecule has 2 aliphatic rings. The zero-order valence-corrected chi connectivity index (χ0v) is 18.8. The summed E-state index contributed by atoms with van der Waals surface area (Å²) in [6.07, 6.45) is 4.71. The van der Waals surface area contributed by atoms with Gasteiger partial charge in [0.05, 0.1) is 0 Å². The highest BCUT2D eigenvalue weighted by atomic mass is 32.1. The first-order chi connectivity index (χ1) is 16.4. The molecule has 0 nitrogen and oxygen atoms in total. The highest BCUT2D eigenvalue weighted by molar-refractivity contribution is 7.13. The number of hydrogen-bond acceptors (Lipinski definition) is 1. The average molecular weight is 437 g/mol. The topological polar surface area (TPSA) is 0 Å². The van der Waals surface area contributed by atoms with Gasteiger partial charge in [0.25, 0.3) is 0 Å². The summed E-state index contributed by atoms with van der Waals surface area (Å²) in [6, 6.07) is 39.5. The molecule has 0 spiro atoms. The van der Waals surface area contributed by atoms with Gasteiger partial charge in [-0.05, 0) is 79.9 Å². The molecule has 0 fully saturated rings. The van der Waals surface area contributed by atoms with E-state index in [2.05, 4.69) is 121 Å². The maximum absolute atomic E-state index is 2.36. The summed E-state index contributed by atoms with van der Waals surface area (Å²) in [5, 5.41) is 0. The number of fused-ring (bicyclic) bond motifs is 6. The highest BCUT2D eigenvalue weighted by Crippen LogP contribution is 2.47. The fourth-order valence-corrected chi connectivity index (χ4v) is 6.12. The van der Waals surface area contributed by atoms with Crippen LogP contribution in [0.3, 0.4) is 0 Å². The molecule has 1 heterocycles. The molecule has 5 aromatic rings. The maximum Gasteiger partial charge on any atom is 0.0283 e. The molecule has 0 saturated heterocycles. The van der Waals surface area contributed by atoms with E-state index in [1.807, 2.05) is 11.3 Å². The lowest BCUT2D eigenvalue weighted by Crippen LogP contribution is -1.80. The van der Waals surface area contributed by atoms with E-state index in [0.717, 1.165) is 0 Å². The van der Waals surface area contributed by atoms with Crippen molar-refractivity contribution in [2.45, 2.75) is 0 Å². The van der Waals surface area contributed by atoms with Crippen molar-refractivity contribution in [2.24, 2.45) is 0 Å². The highest BCUT2D eigenvalue weighted by Gasteiger charge is 2.24. The van der Waals surface area contributed by atoms with Crippen molar-refractivity contribution in [1.82, 2.24) is 0 Å². The quantitative estimate of drug-likeness (QED) is 0.254. The van der Waals surface area contributed by atoms with Crippen LogP contribution in [0.5, 0.6) is 0 Å². The molecule has 4 aromatic carbocycles. The summed E-state index contributed by atoms with van der Waals surface area (Å²) in [6.45, 7) is 0. The predicted molar refractivity (Wildman–Crippen MR) is 142 cm³/mol. The second kappa shape index (κ2) is 7.30. The lowest BCUT2D eigenvalue weighted by Gasteiger charge is -2.02. The van der Waals surface area contributed by atoms with Gasteiger partial charge in [0, 0.05) is 9.75 Å². The summed E-state index contributed by atoms with van der Waals surface area (Å²) in [5.74, 6) is 0. The molecule has 2 aliphatic carbocycles. The minimum atomic E-state index is 1.28. The van der Waals surface area contributed by atoms with Gasteiger partial charge in [-0.3, -0.25) is 0 Å². The van der Waals surface area contributed by atoms with Crippen LogP contribution >= 0.6 is 11.3 Å². The summed E-state index contributed by atoms with van der Waals surface area (Å²) >= 11 is 1.85. The van der Waals surface area contributed by atoms with Crippen LogP contribution in [0.4, 0.5) is 0 Å². The van der Waals surface area contributed by atoms with Crippen molar-refractivity contribution in [3.05, 3.63) is 141 Å². The molecule has 0 saturated carbocycles. The van der Waals surface area contributed by atoms with Crippen LogP contribution in [0.1, 0.15) is 32.0 Å². The Morgan fingerprint density at radius 2 is 0.606 bits per heavy atom. The van der Waals surface area contributed by atoms with E-state index >= 15 is 0 Å². The lowest BCUT2D eigenvalue weighted by molar-refractivity contribution is 1.65. The van der Waals surface area contributed by atoms with E-state index in [-0.39, 0.29) is 0 Å². The number of hydrogen-bond donors (Lipinski definition) is 0. The van der Waals surface area contributed by atoms with Gasteiger partial charge in [0.2, 0.25) is 0 Å². The van der Waals surface area contributed by atoms with Gasteiger partial charge in [0.1, 0.15) is 0 Å². The van der Waals surface area contributed by atoms with Gasteiger partial charge in [-0.25, -0.2) is 0 Å². The van der Waals surface area contributed by atoms with E-state index in [1.54, 1.807) is 0 Å². The van der Waals surface area contributed by atoms with Crippen LogP contribution in [-0.4, -0.2) is 0 Å². The Balaban J connectivity index is 1.33. The Hall–Kier alpha value is -3.94. The summed E-state index contributed by atoms with van der Waals surface area (Å²) in [4.78, 5) is 2.56. The van der Waals surface area contributed by atoms with Crippen molar-refractivity contribution in [1.29, 1.82) is 0 Å². The number of thiophene rings is 1. The second-order valence-electron chi connectivity index (χ2n) is 8.54. The van der Waals surface area contributed by atoms with Gasteiger partial charge < -0.3 is 0 Å². The fourth-order valence-electron chi connectivity index (χ4n) is 5.22. The molecule has 0 amide bonds. The molecule has 1 heteroatoms. The molecule has 0 atom stereocenters. The zero-order chi connectivity index (χ0) is 21.8. The van der Waals surface area contributed by atoms with Crippen LogP contribution in [0.15, 0.2) is 109 Å². The average Bonchev–Trinajstić information content (AvgIpc) is 3.54. The zero-order valence-electron chi connectivity index (χ0n) is 18.0. The molecule has 7 rings (SSSR count). The number of benzene rings is 4. The smallest absolute Gasteiger partial charge is 0.0283 e. The predicted octanol–water partition coefficient (Wildman–Crippen LogP) is 8.89. The van der Waals surface area contributed by atoms with Crippen molar-refractivity contribution >= 4 is 34.6 Å². The Morgan fingerprint density at radius 3 is 0.909 bits per heavy atom. The van der Waals surface area contributed by atoms with Crippen LogP contribution in [0.2, 0.25) is 0 Å². The Labute approximate surface area is 197 Å². The molecular formula is C32H20S. The third-order valence-electron chi connectivity index (χ3n) is 6.67. The lowest BCUT2D eigenvalue weighted by atomic mass is 10.0. The van der Waals surface area contributed by atoms with Gasteiger partial charge >= 0.3 is 0 Å². The monoisotopic (exact) mass is 436 g/mol. The van der Waals surface area contributed by atoms with Crippen molar-refractivity contribution in [2.75, 3.05) is 0 Å². The van der Waals surface area contributed by atoms with Crippen LogP contribution in [0, 0.1) is 0 Å². The molecule has 33 heavy (non-hydrogen) atoms. The third-order valence-corrected chi connectivity index (χ3v) is 7.65. The maximum atomic E-state index is 2.36. The fraction of sp³-hybridized carbons (Fsp3) is 0. The summed E-state index contributed by atoms with van der Waals surface area (Å²) in [7, 11) is 0. The molecule has 0 aliphatic heterocycles. The third kappa shape index (κ3) is 2.90. The van der Waals surface area contributed by atoms with E-state index in [9.17, 15) is 0 Å². The first-order valence-electron chi connectivity index (χ1n) is 11.3. The second-order valence-corrected chi connectivity index (χ2v) is 9.69. The first-order valence-corrected chi connectivity index (χ1v) is 12.1. The van der Waals surface area contributed by atoms with Crippen LogP contribution < -0.4 is 0 Å². The molecular weight excluding hydrogens is 416 g/mol. The minimum absolute atomic E-state index is 1.28. The summed E-state index contributed by atoms with van der Waals surface area (Å²) in [5.41, 5.74) is 13.3. The first kappa shape index (κ1) is 18.6. The van der Waals surface area contributed by atoms with Crippen LogP contribution in [0.25, 0.3) is 45.6 Å². The SMILES string of the molecule is C(=C1c2ccccc2-c2ccccc21)c1ccc(C=C2c3ccccc3-c3ccccc32)s1. The summed E-state index contributed by atoms with van der Waals surface area (Å²) < 4.78 is 0. The number of rotatable bonds is 2. The van der Waals surface area contributed by atoms with Gasteiger partial charge in [-0.1, -0.05) is 97.1 Å². The Kier molecular flexibility index (Phi) is 4.12. The molecule has 1 aromatic heterocycles. The van der Waals surface area contributed by atoms with E-state index < -0.39 is 0 Å². The Morgan fingerprint density at radius 1 is 0.333 bits per heavy atom. The van der Waals surface area contributed by atoms with Crippen molar-refractivity contribution in [3.63, 3.8) is 0 Å². The molecule has 0 radical (unpaired) electrons. The molecule has 0 N–H and O–H groups in total. The largest absolute Gasteiger partial charge is 0.136 e. The van der Waals surface area contributed by atoms with Crippen LogP contribution in [-0.2, 0) is 0 Å². The van der Waals surface area contributed by atoms with Crippen molar-refractivity contribution in [3.8, 4) is 22.3 Å². The van der Waals surface area contributed by atoms with E-state index in [0.29, 0.717) is 0 Å². The minimum Gasteiger partial charge on any atom is -0.136 e. The van der Waals surface area contributed by atoms with E-state index in [1.165, 1.54) is 65.4 Å². The standard InChI is InChI=1S/C32H20S/c1-5-13-27-23(9-1)24-10-2-6-14-28(24)31(27)19-21-17-18-22(33-21)20-32-29-15-7-3-11-25(29)26-12-4-8-16-30(26)32/h1-20H. The molecule has 0 bridgehead atoms. The van der Waals surface area contributed by atoms with Gasteiger partial charge in [0.15, 0.2) is 0 Å². The normalized spacial score (nSPS) is 12.7. The van der Waals surface area contributed by atoms with Crippen molar-refractivity contribution < 1.29 is 0 Å². The van der Waals surface area contributed by atoms with E-state index in [4.69, 9.17) is 0 Å². The molecule has 0 unspecified atom stereocenters. The Bertz CT molecular complexity index is 1390.